The Morgan fingerprint density at radius 1 is 1.16 bits per heavy atom. The van der Waals surface area contributed by atoms with Gasteiger partial charge in [-0.1, -0.05) is 18.8 Å². The molecule has 1 N–H and O–H groups in total. The van der Waals surface area contributed by atoms with Crippen LogP contribution in [0.5, 0.6) is 0 Å². The molecule has 1 saturated carbocycles. The fraction of sp³-hybridized carbons (Fsp3) is 0.625. The van der Waals surface area contributed by atoms with Gasteiger partial charge in [-0.2, -0.15) is 0 Å². The molecular weight excluding hydrogens is 412 g/mol. The Bertz CT molecular complexity index is 893. The van der Waals surface area contributed by atoms with Gasteiger partial charge in [0.05, 0.1) is 10.6 Å². The van der Waals surface area contributed by atoms with Crippen molar-refractivity contribution in [3.8, 4) is 11.8 Å². The van der Waals surface area contributed by atoms with Gasteiger partial charge in [0.2, 0.25) is 11.8 Å². The van der Waals surface area contributed by atoms with Crippen LogP contribution in [0.4, 0.5) is 5.69 Å². The number of carbonyl (C=O) groups is 3. The number of hydrogen-bond donors (Lipinski definition) is 1. The van der Waals surface area contributed by atoms with Crippen LogP contribution in [0.1, 0.15) is 74.9 Å². The van der Waals surface area contributed by atoms with Crippen molar-refractivity contribution >= 4 is 34.8 Å². The second-order valence-corrected chi connectivity index (χ2v) is 10.8. The number of aromatic carboxylic acids is 1. The standard InChI is InChI=1S/C24H34N2O4S/c1-15-8-10-17(11-9-15)22(28)26(16(2)21(27)25(6)7)19-14-18(12-13-24(3,4)5)31-20(19)23(29)30/h14-17H,8-11H2,1-7H3,(H,29,30)/t15?,16-,17?/m1/s1. The van der Waals surface area contributed by atoms with Crippen LogP contribution in [-0.2, 0) is 9.59 Å². The Kier molecular flexibility index (Phi) is 7.93. The predicted molar refractivity (Wildman–Crippen MR) is 124 cm³/mol. The summed E-state index contributed by atoms with van der Waals surface area (Å²) in [5.74, 6) is 4.98. The van der Waals surface area contributed by atoms with Gasteiger partial charge >= 0.3 is 5.97 Å². The summed E-state index contributed by atoms with van der Waals surface area (Å²) >= 11 is 1.05. The lowest BCUT2D eigenvalue weighted by Gasteiger charge is -2.35. The number of amides is 2. The van der Waals surface area contributed by atoms with Gasteiger partial charge in [0.25, 0.3) is 0 Å². The second-order valence-electron chi connectivity index (χ2n) is 9.70. The van der Waals surface area contributed by atoms with Crippen molar-refractivity contribution in [3.63, 3.8) is 0 Å². The summed E-state index contributed by atoms with van der Waals surface area (Å²) in [6, 6.07) is 0.841. The number of carboxylic acids is 1. The van der Waals surface area contributed by atoms with E-state index in [0.29, 0.717) is 10.8 Å². The van der Waals surface area contributed by atoms with Crippen LogP contribution in [0.2, 0.25) is 0 Å². The molecule has 0 radical (unpaired) electrons. The molecule has 170 valence electrons. The number of rotatable bonds is 5. The zero-order valence-electron chi connectivity index (χ0n) is 19.6. The van der Waals surface area contributed by atoms with Crippen molar-refractivity contribution in [3.05, 3.63) is 15.8 Å². The summed E-state index contributed by atoms with van der Waals surface area (Å²) < 4.78 is 0. The molecule has 7 heteroatoms. The molecule has 31 heavy (non-hydrogen) atoms. The van der Waals surface area contributed by atoms with Crippen molar-refractivity contribution in [1.29, 1.82) is 0 Å². The van der Waals surface area contributed by atoms with Crippen LogP contribution in [-0.4, -0.2) is 47.9 Å². The number of hydrogen-bond acceptors (Lipinski definition) is 4. The lowest BCUT2D eigenvalue weighted by Crippen LogP contribution is -2.50. The molecule has 0 spiro atoms. The van der Waals surface area contributed by atoms with Crippen LogP contribution in [0, 0.1) is 29.1 Å². The summed E-state index contributed by atoms with van der Waals surface area (Å²) in [6.45, 7) is 9.77. The van der Waals surface area contributed by atoms with E-state index < -0.39 is 12.0 Å². The highest BCUT2D eigenvalue weighted by atomic mass is 32.1. The Morgan fingerprint density at radius 3 is 2.23 bits per heavy atom. The average Bonchev–Trinajstić information content (AvgIpc) is 3.10. The molecule has 0 unspecified atom stereocenters. The quantitative estimate of drug-likeness (QED) is 0.677. The van der Waals surface area contributed by atoms with Crippen molar-refractivity contribution in [2.75, 3.05) is 19.0 Å². The Labute approximate surface area is 189 Å². The zero-order valence-corrected chi connectivity index (χ0v) is 20.4. The topological polar surface area (TPSA) is 77.9 Å². The molecule has 1 aliphatic rings. The highest BCUT2D eigenvalue weighted by Gasteiger charge is 2.37. The van der Waals surface area contributed by atoms with Gasteiger partial charge in [0.15, 0.2) is 0 Å². The van der Waals surface area contributed by atoms with Crippen molar-refractivity contribution in [2.45, 2.75) is 66.3 Å². The van der Waals surface area contributed by atoms with E-state index in [1.165, 1.54) is 9.80 Å². The normalized spacial score (nSPS) is 19.7. The first-order chi connectivity index (χ1) is 14.3. The fourth-order valence-corrected chi connectivity index (χ4v) is 4.57. The predicted octanol–water partition coefficient (Wildman–Crippen LogP) is 4.48. The maximum atomic E-state index is 13.6. The highest BCUT2D eigenvalue weighted by Crippen LogP contribution is 2.36. The summed E-state index contributed by atoms with van der Waals surface area (Å²) in [7, 11) is 3.27. The lowest BCUT2D eigenvalue weighted by molar-refractivity contribution is -0.133. The number of carboxylic acid groups (broad SMARTS) is 1. The third-order valence-electron chi connectivity index (χ3n) is 5.51. The summed E-state index contributed by atoms with van der Waals surface area (Å²) in [4.78, 5) is 41.9. The number of carbonyl (C=O) groups excluding carboxylic acids is 2. The molecule has 0 saturated heterocycles. The molecule has 0 bridgehead atoms. The number of likely N-dealkylation sites (N-methyl/N-ethyl adjacent to an activating group) is 1. The molecule has 1 heterocycles. The first-order valence-corrected chi connectivity index (χ1v) is 11.6. The fourth-order valence-electron chi connectivity index (χ4n) is 3.73. The molecule has 2 rings (SSSR count). The maximum Gasteiger partial charge on any atom is 0.348 e. The minimum Gasteiger partial charge on any atom is -0.477 e. The molecule has 1 aromatic rings. The third kappa shape index (κ3) is 6.33. The van der Waals surface area contributed by atoms with E-state index in [-0.39, 0.29) is 33.7 Å². The van der Waals surface area contributed by atoms with Crippen LogP contribution < -0.4 is 4.90 Å². The van der Waals surface area contributed by atoms with Crippen molar-refractivity contribution in [2.24, 2.45) is 17.3 Å². The van der Waals surface area contributed by atoms with Gasteiger partial charge in [-0.3, -0.25) is 14.5 Å². The van der Waals surface area contributed by atoms with Crippen LogP contribution in [0.15, 0.2) is 6.07 Å². The number of thiophene rings is 1. The van der Waals surface area contributed by atoms with E-state index in [1.807, 2.05) is 20.8 Å². The average molecular weight is 447 g/mol. The van der Waals surface area contributed by atoms with E-state index in [1.54, 1.807) is 27.1 Å². The first kappa shape index (κ1) is 24.9. The second kappa shape index (κ2) is 9.86. The van der Waals surface area contributed by atoms with Gasteiger partial charge < -0.3 is 10.0 Å². The number of anilines is 1. The minimum atomic E-state index is -1.12. The van der Waals surface area contributed by atoms with E-state index in [2.05, 4.69) is 18.8 Å². The Balaban J connectivity index is 2.55. The zero-order chi connectivity index (χ0) is 23.5. The molecule has 6 nitrogen and oxygen atoms in total. The molecule has 1 aromatic heterocycles. The first-order valence-electron chi connectivity index (χ1n) is 10.8. The lowest BCUT2D eigenvalue weighted by atomic mass is 9.82. The largest absolute Gasteiger partial charge is 0.477 e. The van der Waals surface area contributed by atoms with E-state index in [0.717, 1.165) is 37.0 Å². The van der Waals surface area contributed by atoms with Gasteiger partial charge in [-0.15, -0.1) is 11.3 Å². The molecule has 0 aromatic carbocycles. The molecule has 1 aliphatic carbocycles. The van der Waals surface area contributed by atoms with Crippen molar-refractivity contribution < 1.29 is 19.5 Å². The SMILES string of the molecule is CC1CCC(C(=O)N(c2cc(C#CC(C)(C)C)sc2C(=O)O)[C@H](C)C(=O)N(C)C)CC1. The van der Waals surface area contributed by atoms with Gasteiger partial charge in [0.1, 0.15) is 10.9 Å². The molecule has 0 aliphatic heterocycles. The minimum absolute atomic E-state index is 0.0362. The Hall–Kier alpha value is -2.33. The van der Waals surface area contributed by atoms with Crippen LogP contribution in [0.25, 0.3) is 0 Å². The van der Waals surface area contributed by atoms with Gasteiger partial charge in [0, 0.05) is 25.4 Å². The molecular formula is C24H34N2O4S. The van der Waals surface area contributed by atoms with E-state index in [4.69, 9.17) is 0 Å². The van der Waals surface area contributed by atoms with Crippen LogP contribution >= 0.6 is 11.3 Å². The summed E-state index contributed by atoms with van der Waals surface area (Å²) in [5.41, 5.74) is 0.0257. The smallest absolute Gasteiger partial charge is 0.348 e. The maximum absolute atomic E-state index is 13.6. The monoisotopic (exact) mass is 446 g/mol. The highest BCUT2D eigenvalue weighted by molar-refractivity contribution is 7.15. The van der Waals surface area contributed by atoms with E-state index >= 15 is 0 Å². The van der Waals surface area contributed by atoms with Crippen molar-refractivity contribution in [1.82, 2.24) is 4.90 Å². The molecule has 1 fully saturated rings. The third-order valence-corrected chi connectivity index (χ3v) is 6.54. The summed E-state index contributed by atoms with van der Waals surface area (Å²) in [5, 5.41) is 9.84. The van der Waals surface area contributed by atoms with Gasteiger partial charge in [-0.25, -0.2) is 4.79 Å². The molecule has 1 atom stereocenters. The van der Waals surface area contributed by atoms with Crippen LogP contribution in [0.3, 0.4) is 0 Å². The Morgan fingerprint density at radius 2 is 1.74 bits per heavy atom. The summed E-state index contributed by atoms with van der Waals surface area (Å²) in [6.07, 6.45) is 3.42. The van der Waals surface area contributed by atoms with Gasteiger partial charge in [-0.05, 0) is 65.4 Å². The number of nitrogens with zero attached hydrogens (tertiary/aromatic N) is 2. The molecule has 2 amide bonds. The van der Waals surface area contributed by atoms with E-state index in [9.17, 15) is 19.5 Å².